The zero-order chi connectivity index (χ0) is 21.5. The lowest BCUT2D eigenvalue weighted by molar-refractivity contribution is -0.131. The summed E-state index contributed by atoms with van der Waals surface area (Å²) in [4.78, 5) is 26.5. The highest BCUT2D eigenvalue weighted by atomic mass is 16.4. The van der Waals surface area contributed by atoms with E-state index >= 15 is 0 Å². The number of hydrogen-bond donors (Lipinski definition) is 1. The lowest BCUT2D eigenvalue weighted by atomic mass is 10.2. The molecule has 0 aliphatic heterocycles. The first-order chi connectivity index (χ1) is 14.5. The van der Waals surface area contributed by atoms with Crippen molar-refractivity contribution in [2.45, 2.75) is 46.7 Å². The van der Waals surface area contributed by atoms with Gasteiger partial charge in [-0.2, -0.15) is 0 Å². The van der Waals surface area contributed by atoms with Crippen molar-refractivity contribution in [1.82, 2.24) is 9.47 Å². The fraction of sp³-hybridized carbons (Fsp3) is 0.333. The van der Waals surface area contributed by atoms with Gasteiger partial charge in [0.05, 0.1) is 13.1 Å². The molecule has 2 aromatic heterocycles. The van der Waals surface area contributed by atoms with E-state index < -0.39 is 0 Å². The number of hydrogen-bond acceptors (Lipinski definition) is 3. The van der Waals surface area contributed by atoms with Crippen LogP contribution in [0.15, 0.2) is 59.1 Å². The standard InChI is InChI=1S/C24H29N3O3/c1-4-14-27(23(28)5-2)16-20-7-6-15-26(20)17-21-12-13-22(30-21)24(29)25-19-10-8-18(3)9-11-19/h6-13,15H,4-5,14,16-17H2,1-3H3,(H,25,29). The van der Waals surface area contributed by atoms with Gasteiger partial charge in [-0.05, 0) is 49.7 Å². The molecule has 2 heterocycles. The van der Waals surface area contributed by atoms with Crippen LogP contribution in [0.1, 0.15) is 54.3 Å². The van der Waals surface area contributed by atoms with Crippen molar-refractivity contribution in [3.8, 4) is 0 Å². The third-order valence-electron chi connectivity index (χ3n) is 4.95. The maximum atomic E-state index is 12.5. The van der Waals surface area contributed by atoms with Crippen LogP contribution in [0.4, 0.5) is 5.69 Å². The fourth-order valence-corrected chi connectivity index (χ4v) is 3.31. The minimum atomic E-state index is -0.277. The first kappa shape index (κ1) is 21.4. The molecule has 6 heteroatoms. The van der Waals surface area contributed by atoms with E-state index in [2.05, 4.69) is 12.2 Å². The van der Waals surface area contributed by atoms with Gasteiger partial charge in [-0.25, -0.2) is 0 Å². The van der Waals surface area contributed by atoms with Crippen molar-refractivity contribution in [1.29, 1.82) is 0 Å². The quantitative estimate of drug-likeness (QED) is 0.552. The van der Waals surface area contributed by atoms with Crippen LogP contribution in [0.5, 0.6) is 0 Å². The molecule has 30 heavy (non-hydrogen) atoms. The Hall–Kier alpha value is -3.28. The van der Waals surface area contributed by atoms with E-state index in [4.69, 9.17) is 4.42 Å². The van der Waals surface area contributed by atoms with E-state index in [0.29, 0.717) is 25.3 Å². The van der Waals surface area contributed by atoms with Crippen molar-refractivity contribution in [2.24, 2.45) is 0 Å². The largest absolute Gasteiger partial charge is 0.454 e. The topological polar surface area (TPSA) is 67.5 Å². The van der Waals surface area contributed by atoms with Crippen LogP contribution < -0.4 is 5.32 Å². The zero-order valence-corrected chi connectivity index (χ0v) is 17.9. The Morgan fingerprint density at radius 1 is 1.07 bits per heavy atom. The van der Waals surface area contributed by atoms with E-state index in [0.717, 1.165) is 29.9 Å². The molecular weight excluding hydrogens is 378 g/mol. The summed E-state index contributed by atoms with van der Waals surface area (Å²) < 4.78 is 7.83. The fourth-order valence-electron chi connectivity index (χ4n) is 3.31. The van der Waals surface area contributed by atoms with Gasteiger partial charge < -0.3 is 19.2 Å². The third kappa shape index (κ3) is 5.41. The summed E-state index contributed by atoms with van der Waals surface area (Å²) >= 11 is 0. The molecule has 0 bridgehead atoms. The number of carbonyl (C=O) groups excluding carboxylic acids is 2. The van der Waals surface area contributed by atoms with Gasteiger partial charge >= 0.3 is 0 Å². The lowest BCUT2D eigenvalue weighted by Gasteiger charge is -2.22. The molecule has 0 saturated carbocycles. The molecule has 0 spiro atoms. The van der Waals surface area contributed by atoms with Crippen molar-refractivity contribution < 1.29 is 14.0 Å². The molecule has 0 aliphatic carbocycles. The van der Waals surface area contributed by atoms with Crippen molar-refractivity contribution in [2.75, 3.05) is 11.9 Å². The first-order valence-electron chi connectivity index (χ1n) is 10.4. The van der Waals surface area contributed by atoms with Crippen LogP contribution in [-0.4, -0.2) is 27.8 Å². The summed E-state index contributed by atoms with van der Waals surface area (Å²) in [5.74, 6) is 0.830. The number of benzene rings is 1. The molecule has 0 radical (unpaired) electrons. The van der Waals surface area contributed by atoms with Crippen LogP contribution in [0.2, 0.25) is 0 Å². The molecule has 1 N–H and O–H groups in total. The number of nitrogens with zero attached hydrogens (tertiary/aromatic N) is 2. The number of furan rings is 1. The van der Waals surface area contributed by atoms with Crippen LogP contribution in [0.3, 0.4) is 0 Å². The minimum Gasteiger partial charge on any atom is -0.454 e. The molecule has 0 aliphatic rings. The molecule has 0 fully saturated rings. The Morgan fingerprint density at radius 2 is 1.83 bits per heavy atom. The summed E-state index contributed by atoms with van der Waals surface area (Å²) in [7, 11) is 0. The zero-order valence-electron chi connectivity index (χ0n) is 17.9. The van der Waals surface area contributed by atoms with E-state index in [9.17, 15) is 9.59 Å². The molecule has 0 saturated heterocycles. The van der Waals surface area contributed by atoms with Gasteiger partial charge in [0.15, 0.2) is 5.76 Å². The monoisotopic (exact) mass is 407 g/mol. The highest BCUT2D eigenvalue weighted by Gasteiger charge is 2.15. The van der Waals surface area contributed by atoms with Crippen LogP contribution in [0.25, 0.3) is 0 Å². The number of anilines is 1. The minimum absolute atomic E-state index is 0.151. The molecule has 3 aromatic rings. The first-order valence-corrected chi connectivity index (χ1v) is 10.4. The number of amides is 2. The predicted octanol–water partition coefficient (Wildman–Crippen LogP) is 4.84. The molecular formula is C24H29N3O3. The van der Waals surface area contributed by atoms with E-state index in [1.165, 1.54) is 0 Å². The second-order valence-corrected chi connectivity index (χ2v) is 7.38. The summed E-state index contributed by atoms with van der Waals surface area (Å²) in [6.45, 7) is 7.76. The number of aryl methyl sites for hydroxylation is 1. The highest BCUT2D eigenvalue weighted by Crippen LogP contribution is 2.16. The Morgan fingerprint density at radius 3 is 2.53 bits per heavy atom. The van der Waals surface area contributed by atoms with Crippen molar-refractivity contribution in [3.63, 3.8) is 0 Å². The maximum absolute atomic E-state index is 12.5. The SMILES string of the molecule is CCCN(Cc1cccn1Cc1ccc(C(=O)Nc2ccc(C)cc2)o1)C(=O)CC. The van der Waals surface area contributed by atoms with Crippen molar-refractivity contribution in [3.05, 3.63) is 77.5 Å². The number of rotatable bonds is 9. The van der Waals surface area contributed by atoms with Gasteiger partial charge in [0.25, 0.3) is 5.91 Å². The number of carbonyl (C=O) groups is 2. The predicted molar refractivity (Wildman–Crippen MR) is 117 cm³/mol. The summed E-state index contributed by atoms with van der Waals surface area (Å²) in [5.41, 5.74) is 2.90. The summed E-state index contributed by atoms with van der Waals surface area (Å²) in [5, 5.41) is 2.84. The van der Waals surface area contributed by atoms with Crippen LogP contribution in [-0.2, 0) is 17.9 Å². The molecule has 3 rings (SSSR count). The van der Waals surface area contributed by atoms with Gasteiger partial charge in [0, 0.05) is 30.5 Å². The van der Waals surface area contributed by atoms with Crippen LogP contribution >= 0.6 is 0 Å². The lowest BCUT2D eigenvalue weighted by Crippen LogP contribution is -2.31. The van der Waals surface area contributed by atoms with E-state index in [-0.39, 0.29) is 17.6 Å². The van der Waals surface area contributed by atoms with Gasteiger partial charge in [0.2, 0.25) is 5.91 Å². The second kappa shape index (κ2) is 9.96. The Labute approximate surface area is 177 Å². The van der Waals surface area contributed by atoms with Gasteiger partial charge in [0.1, 0.15) is 5.76 Å². The van der Waals surface area contributed by atoms with E-state index in [1.54, 1.807) is 6.07 Å². The van der Waals surface area contributed by atoms with Gasteiger partial charge in [-0.15, -0.1) is 0 Å². The second-order valence-electron chi connectivity index (χ2n) is 7.38. The summed E-state index contributed by atoms with van der Waals surface area (Å²) in [6.07, 6.45) is 3.38. The maximum Gasteiger partial charge on any atom is 0.291 e. The Bertz CT molecular complexity index is 985. The average Bonchev–Trinajstić information content (AvgIpc) is 3.39. The van der Waals surface area contributed by atoms with Crippen LogP contribution in [0, 0.1) is 6.92 Å². The number of aromatic nitrogens is 1. The molecule has 158 valence electrons. The Balaban J connectivity index is 1.66. The average molecular weight is 408 g/mol. The smallest absolute Gasteiger partial charge is 0.291 e. The van der Waals surface area contributed by atoms with E-state index in [1.807, 2.05) is 72.0 Å². The van der Waals surface area contributed by atoms with Crippen molar-refractivity contribution >= 4 is 17.5 Å². The van der Waals surface area contributed by atoms with Gasteiger partial charge in [-0.3, -0.25) is 9.59 Å². The summed E-state index contributed by atoms with van der Waals surface area (Å²) in [6, 6.07) is 15.1. The molecule has 0 unspecified atom stereocenters. The molecule has 6 nitrogen and oxygen atoms in total. The molecule has 0 atom stereocenters. The normalized spacial score (nSPS) is 10.8. The molecule has 2 amide bonds. The highest BCUT2D eigenvalue weighted by molar-refractivity contribution is 6.02. The molecule has 1 aromatic carbocycles. The van der Waals surface area contributed by atoms with Gasteiger partial charge in [-0.1, -0.05) is 31.5 Å². The number of nitrogens with one attached hydrogen (secondary N) is 1. The third-order valence-corrected chi connectivity index (χ3v) is 4.95. The Kier molecular flexibility index (Phi) is 7.12.